The van der Waals surface area contributed by atoms with Crippen LogP contribution in [0.4, 0.5) is 0 Å². The van der Waals surface area contributed by atoms with E-state index in [1.165, 1.54) is 11.3 Å². The molecule has 0 fully saturated rings. The molecule has 1 atom stereocenters. The van der Waals surface area contributed by atoms with E-state index in [2.05, 4.69) is 20.5 Å². The van der Waals surface area contributed by atoms with Gasteiger partial charge in [0.1, 0.15) is 0 Å². The maximum absolute atomic E-state index is 11.3. The first kappa shape index (κ1) is 10.8. The molecule has 0 bridgehead atoms. The van der Waals surface area contributed by atoms with Gasteiger partial charge < -0.3 is 5.32 Å². The summed E-state index contributed by atoms with van der Waals surface area (Å²) in [5.41, 5.74) is -0.221. The van der Waals surface area contributed by atoms with Gasteiger partial charge in [0.05, 0.1) is 5.69 Å². The van der Waals surface area contributed by atoms with E-state index in [-0.39, 0.29) is 6.04 Å². The van der Waals surface area contributed by atoms with E-state index in [1.54, 1.807) is 0 Å². The minimum atomic E-state index is -0.511. The molecule has 2 heterocycles. The topological polar surface area (TPSA) is 95.6 Å². The van der Waals surface area contributed by atoms with Crippen LogP contribution in [-0.4, -0.2) is 26.8 Å². The zero-order valence-corrected chi connectivity index (χ0v) is 9.59. The molecule has 0 aliphatic heterocycles. The average Bonchev–Trinajstić information content (AvgIpc) is 2.85. The molecule has 2 aromatic rings. The second-order valence-electron chi connectivity index (χ2n) is 3.26. The number of thiazole rings is 1. The van der Waals surface area contributed by atoms with E-state index in [9.17, 15) is 9.59 Å². The van der Waals surface area contributed by atoms with Crippen molar-refractivity contribution in [1.29, 1.82) is 0 Å². The SMILES string of the molecule is CNC(C)c1csc(-n2c(=O)[nH][nH]c2=O)n1. The fraction of sp³-hybridized carbons (Fsp3) is 0.375. The minimum absolute atomic E-state index is 0.0822. The van der Waals surface area contributed by atoms with Gasteiger partial charge in [-0.1, -0.05) is 0 Å². The summed E-state index contributed by atoms with van der Waals surface area (Å²) in [5.74, 6) is 0. The van der Waals surface area contributed by atoms with Crippen LogP contribution in [0.1, 0.15) is 18.7 Å². The molecule has 0 spiro atoms. The molecular formula is C8H11N5O2S. The lowest BCUT2D eigenvalue weighted by molar-refractivity contribution is 0.635. The number of nitrogens with one attached hydrogen (secondary N) is 3. The van der Waals surface area contributed by atoms with Gasteiger partial charge in [-0.05, 0) is 14.0 Å². The lowest BCUT2D eigenvalue weighted by Crippen LogP contribution is -2.24. The predicted molar refractivity (Wildman–Crippen MR) is 60.2 cm³/mol. The summed E-state index contributed by atoms with van der Waals surface area (Å²) >= 11 is 1.25. The molecule has 3 N–H and O–H groups in total. The van der Waals surface area contributed by atoms with Gasteiger partial charge >= 0.3 is 11.4 Å². The summed E-state index contributed by atoms with van der Waals surface area (Å²) in [4.78, 5) is 26.9. The van der Waals surface area contributed by atoms with E-state index in [4.69, 9.17) is 0 Å². The van der Waals surface area contributed by atoms with Crippen LogP contribution in [0.15, 0.2) is 15.0 Å². The molecule has 16 heavy (non-hydrogen) atoms. The van der Waals surface area contributed by atoms with Crippen molar-refractivity contribution in [3.05, 3.63) is 32.0 Å². The number of rotatable bonds is 3. The van der Waals surface area contributed by atoms with Crippen LogP contribution in [0.5, 0.6) is 0 Å². The molecule has 2 rings (SSSR count). The van der Waals surface area contributed by atoms with Crippen LogP contribution in [0, 0.1) is 0 Å². The van der Waals surface area contributed by atoms with Crippen LogP contribution in [0.2, 0.25) is 0 Å². The standard InChI is InChI=1S/C8H11N5O2S/c1-4(9-2)5-3-16-8(10-5)13-6(14)11-12-7(13)15/h3-4,9H,1-2H3,(H,11,14)(H,12,15). The third kappa shape index (κ3) is 1.72. The lowest BCUT2D eigenvalue weighted by Gasteiger charge is -2.04. The highest BCUT2D eigenvalue weighted by Crippen LogP contribution is 2.17. The molecule has 1 unspecified atom stereocenters. The van der Waals surface area contributed by atoms with Crippen molar-refractivity contribution in [2.45, 2.75) is 13.0 Å². The van der Waals surface area contributed by atoms with E-state index >= 15 is 0 Å². The van der Waals surface area contributed by atoms with E-state index < -0.39 is 11.4 Å². The van der Waals surface area contributed by atoms with E-state index in [1.807, 2.05) is 19.4 Å². The minimum Gasteiger partial charge on any atom is -0.312 e. The van der Waals surface area contributed by atoms with Crippen LogP contribution in [0.3, 0.4) is 0 Å². The number of hydrogen-bond donors (Lipinski definition) is 3. The van der Waals surface area contributed by atoms with Crippen molar-refractivity contribution in [2.75, 3.05) is 7.05 Å². The first-order valence-corrected chi connectivity index (χ1v) is 5.54. The van der Waals surface area contributed by atoms with Crippen molar-refractivity contribution in [2.24, 2.45) is 0 Å². The molecule has 0 saturated carbocycles. The molecule has 0 aromatic carbocycles. The van der Waals surface area contributed by atoms with Gasteiger partial charge in [0, 0.05) is 11.4 Å². The molecule has 8 heteroatoms. The highest BCUT2D eigenvalue weighted by Gasteiger charge is 2.12. The molecule has 2 aromatic heterocycles. The summed E-state index contributed by atoms with van der Waals surface area (Å²) in [5, 5.41) is 9.63. The summed E-state index contributed by atoms with van der Waals surface area (Å²) < 4.78 is 0.969. The largest absolute Gasteiger partial charge is 0.350 e. The van der Waals surface area contributed by atoms with Gasteiger partial charge in [0.2, 0.25) is 5.13 Å². The van der Waals surface area contributed by atoms with Crippen molar-refractivity contribution >= 4 is 11.3 Å². The third-order valence-electron chi connectivity index (χ3n) is 2.26. The van der Waals surface area contributed by atoms with Gasteiger partial charge in [0.15, 0.2) is 0 Å². The number of hydrogen-bond acceptors (Lipinski definition) is 5. The van der Waals surface area contributed by atoms with Gasteiger partial charge in [-0.2, -0.15) is 4.57 Å². The third-order valence-corrected chi connectivity index (χ3v) is 3.10. The summed E-state index contributed by atoms with van der Waals surface area (Å²) in [6.07, 6.45) is 0. The second kappa shape index (κ2) is 4.06. The molecular weight excluding hydrogens is 230 g/mol. The Morgan fingerprint density at radius 3 is 2.62 bits per heavy atom. The zero-order chi connectivity index (χ0) is 11.7. The van der Waals surface area contributed by atoms with Crippen molar-refractivity contribution in [3.8, 4) is 5.13 Å². The highest BCUT2D eigenvalue weighted by molar-refractivity contribution is 7.12. The van der Waals surface area contributed by atoms with Crippen molar-refractivity contribution in [1.82, 2.24) is 25.1 Å². The molecule has 0 saturated heterocycles. The van der Waals surface area contributed by atoms with Crippen molar-refractivity contribution in [3.63, 3.8) is 0 Å². The summed E-state index contributed by atoms with van der Waals surface area (Å²) in [6.45, 7) is 1.95. The maximum Gasteiger partial charge on any atom is 0.350 e. The van der Waals surface area contributed by atoms with Crippen LogP contribution in [0.25, 0.3) is 5.13 Å². The number of H-pyrrole nitrogens is 2. The fourth-order valence-electron chi connectivity index (χ4n) is 1.21. The smallest absolute Gasteiger partial charge is 0.312 e. The van der Waals surface area contributed by atoms with E-state index in [0.29, 0.717) is 5.13 Å². The number of aromatic nitrogens is 4. The summed E-state index contributed by atoms with van der Waals surface area (Å²) in [7, 11) is 1.82. The van der Waals surface area contributed by atoms with Gasteiger partial charge in [-0.3, -0.25) is 0 Å². The Balaban J connectivity index is 2.47. The van der Waals surface area contributed by atoms with Crippen LogP contribution >= 0.6 is 11.3 Å². The Morgan fingerprint density at radius 2 is 2.06 bits per heavy atom. The second-order valence-corrected chi connectivity index (χ2v) is 4.10. The normalized spacial score (nSPS) is 12.9. The first-order chi connectivity index (χ1) is 7.63. The monoisotopic (exact) mass is 241 g/mol. The van der Waals surface area contributed by atoms with Crippen molar-refractivity contribution < 1.29 is 0 Å². The highest BCUT2D eigenvalue weighted by atomic mass is 32.1. The molecule has 0 amide bonds. The van der Waals surface area contributed by atoms with Gasteiger partial charge in [-0.25, -0.2) is 24.8 Å². The Labute approximate surface area is 94.1 Å². The average molecular weight is 241 g/mol. The Kier molecular flexibility index (Phi) is 2.75. The zero-order valence-electron chi connectivity index (χ0n) is 8.77. The maximum atomic E-state index is 11.3. The summed E-state index contributed by atoms with van der Waals surface area (Å²) in [6, 6.07) is 0.0822. The fourth-order valence-corrected chi connectivity index (χ4v) is 2.12. The predicted octanol–water partition coefficient (Wildman–Crippen LogP) is -0.409. The Bertz CT molecular complexity index is 564. The lowest BCUT2D eigenvalue weighted by atomic mass is 10.3. The number of nitrogens with zero attached hydrogens (tertiary/aromatic N) is 2. The van der Waals surface area contributed by atoms with Crippen LogP contribution in [-0.2, 0) is 0 Å². The number of aromatic amines is 2. The van der Waals surface area contributed by atoms with Gasteiger partial charge in [0.25, 0.3) is 0 Å². The van der Waals surface area contributed by atoms with Crippen LogP contribution < -0.4 is 16.7 Å². The first-order valence-electron chi connectivity index (χ1n) is 4.66. The Morgan fingerprint density at radius 1 is 1.44 bits per heavy atom. The molecule has 0 aliphatic rings. The molecule has 86 valence electrons. The van der Waals surface area contributed by atoms with E-state index in [0.717, 1.165) is 10.3 Å². The van der Waals surface area contributed by atoms with Gasteiger partial charge in [-0.15, -0.1) is 11.3 Å². The Hall–Kier alpha value is -1.67. The molecule has 0 aliphatic carbocycles. The quantitative estimate of drug-likeness (QED) is 0.680. The molecule has 0 radical (unpaired) electrons. The molecule has 7 nitrogen and oxygen atoms in total.